The molecule has 1 N–H and O–H groups in total. The molecule has 0 fully saturated rings. The van der Waals surface area contributed by atoms with Crippen LogP contribution < -0.4 is 0 Å². The summed E-state index contributed by atoms with van der Waals surface area (Å²) in [6.45, 7) is 7.15. The molecule has 3 aromatic rings. The third-order valence-electron chi connectivity index (χ3n) is 6.09. The first kappa shape index (κ1) is 24.7. The molecule has 1 aromatic heterocycles. The number of methoxy groups -OCH3 is 1. The number of carbonyl (C=O) groups is 1. The zero-order valence-corrected chi connectivity index (χ0v) is 20.4. The average Bonchev–Trinajstić information content (AvgIpc) is 3.27. The van der Waals surface area contributed by atoms with Gasteiger partial charge in [0.05, 0.1) is 30.7 Å². The molecular formula is C25H30N2O5S. The first-order valence-electron chi connectivity index (χ1n) is 10.9. The van der Waals surface area contributed by atoms with E-state index in [1.54, 1.807) is 23.6 Å². The Balaban J connectivity index is 2.42. The number of rotatable bonds is 8. The summed E-state index contributed by atoms with van der Waals surface area (Å²) < 4.78 is 32.5. The summed E-state index contributed by atoms with van der Waals surface area (Å²) in [6.07, 6.45) is 2.31. The van der Waals surface area contributed by atoms with Gasteiger partial charge in [-0.1, -0.05) is 51.1 Å². The van der Waals surface area contributed by atoms with Crippen LogP contribution in [0.15, 0.2) is 47.8 Å². The van der Waals surface area contributed by atoms with Crippen LogP contribution in [0.1, 0.15) is 60.3 Å². The van der Waals surface area contributed by atoms with Crippen molar-refractivity contribution in [2.45, 2.75) is 51.7 Å². The Labute approximate surface area is 195 Å². The van der Waals surface area contributed by atoms with Gasteiger partial charge in [-0.25, -0.2) is 18.2 Å². The molecule has 176 valence electrons. The molecule has 0 radical (unpaired) electrons. The van der Waals surface area contributed by atoms with E-state index in [9.17, 15) is 18.3 Å². The highest BCUT2D eigenvalue weighted by molar-refractivity contribution is 7.91. The van der Waals surface area contributed by atoms with Crippen molar-refractivity contribution in [2.75, 3.05) is 12.9 Å². The highest BCUT2D eigenvalue weighted by Crippen LogP contribution is 2.38. The van der Waals surface area contributed by atoms with Crippen LogP contribution >= 0.6 is 0 Å². The van der Waals surface area contributed by atoms with E-state index in [0.29, 0.717) is 16.8 Å². The smallest absolute Gasteiger partial charge is 0.338 e. The number of aliphatic hydroxyl groups is 1. The van der Waals surface area contributed by atoms with Crippen LogP contribution in [0.4, 0.5) is 0 Å². The lowest BCUT2D eigenvalue weighted by atomic mass is 9.88. The number of esters is 1. The molecule has 0 spiro atoms. The molecule has 33 heavy (non-hydrogen) atoms. The quantitative estimate of drug-likeness (QED) is 0.489. The molecular weight excluding hydrogens is 440 g/mol. The summed E-state index contributed by atoms with van der Waals surface area (Å²) in [5, 5.41) is 9.80. The Bertz CT molecular complexity index is 1280. The van der Waals surface area contributed by atoms with Gasteiger partial charge < -0.3 is 9.84 Å². The summed E-state index contributed by atoms with van der Waals surface area (Å²) in [4.78, 5) is 16.6. The zero-order chi connectivity index (χ0) is 24.3. The van der Waals surface area contributed by atoms with Gasteiger partial charge in [0.1, 0.15) is 12.0 Å². The van der Waals surface area contributed by atoms with Gasteiger partial charge in [-0.05, 0) is 47.6 Å². The lowest BCUT2D eigenvalue weighted by molar-refractivity contribution is 0.0601. The molecule has 0 aliphatic heterocycles. The number of imidazole rings is 1. The molecule has 2 aromatic carbocycles. The predicted octanol–water partition coefficient (Wildman–Crippen LogP) is 4.43. The van der Waals surface area contributed by atoms with Crippen molar-refractivity contribution in [3.63, 3.8) is 0 Å². The van der Waals surface area contributed by atoms with Crippen LogP contribution in [0.2, 0.25) is 0 Å². The van der Waals surface area contributed by atoms with Gasteiger partial charge in [-0.2, -0.15) is 0 Å². The summed E-state index contributed by atoms with van der Waals surface area (Å²) in [5.74, 6) is -0.424. The fourth-order valence-corrected chi connectivity index (χ4v) is 5.25. The highest BCUT2D eigenvalue weighted by atomic mass is 32.2. The first-order chi connectivity index (χ1) is 15.7. The molecule has 8 heteroatoms. The maximum atomic E-state index is 13.0. The second-order valence-corrected chi connectivity index (χ2v) is 10.1. The minimum atomic E-state index is -3.68. The minimum Gasteiger partial charge on any atom is -0.465 e. The molecule has 0 bridgehead atoms. The number of hydrogen-bond acceptors (Lipinski definition) is 6. The average molecular weight is 471 g/mol. The van der Waals surface area contributed by atoms with E-state index in [1.807, 2.05) is 31.2 Å². The van der Waals surface area contributed by atoms with Crippen molar-refractivity contribution < 1.29 is 23.1 Å². The molecule has 1 unspecified atom stereocenters. The van der Waals surface area contributed by atoms with Crippen LogP contribution in [0.3, 0.4) is 0 Å². The number of benzene rings is 2. The molecule has 0 saturated carbocycles. The van der Waals surface area contributed by atoms with E-state index < -0.39 is 22.4 Å². The third kappa shape index (κ3) is 4.45. The lowest BCUT2D eigenvalue weighted by Gasteiger charge is -2.23. The third-order valence-corrected chi connectivity index (χ3v) is 7.87. The fourth-order valence-electron chi connectivity index (χ4n) is 4.06. The van der Waals surface area contributed by atoms with E-state index in [1.165, 1.54) is 13.4 Å². The summed E-state index contributed by atoms with van der Waals surface area (Å²) in [7, 11) is -2.34. The van der Waals surface area contributed by atoms with Gasteiger partial charge >= 0.3 is 5.97 Å². The number of nitrogens with zero attached hydrogens (tertiary/aromatic N) is 2. The molecule has 3 rings (SSSR count). The van der Waals surface area contributed by atoms with E-state index in [-0.39, 0.29) is 22.4 Å². The van der Waals surface area contributed by atoms with Gasteiger partial charge in [-0.15, -0.1) is 0 Å². The predicted molar refractivity (Wildman–Crippen MR) is 127 cm³/mol. The highest BCUT2D eigenvalue weighted by Gasteiger charge is 2.27. The van der Waals surface area contributed by atoms with Crippen LogP contribution in [-0.4, -0.2) is 41.9 Å². The number of ether oxygens (including phenoxy) is 1. The minimum absolute atomic E-state index is 0.00134. The van der Waals surface area contributed by atoms with Gasteiger partial charge in [0.25, 0.3) is 0 Å². The van der Waals surface area contributed by atoms with E-state index >= 15 is 0 Å². The Morgan fingerprint density at radius 1 is 1.15 bits per heavy atom. The Kier molecular flexibility index (Phi) is 7.39. The Morgan fingerprint density at radius 2 is 1.85 bits per heavy atom. The van der Waals surface area contributed by atoms with Crippen LogP contribution in [0.5, 0.6) is 0 Å². The number of aromatic nitrogens is 2. The standard InChI is InChI=1S/C25H30N2O5S/c1-6-16(3)18-12-13-19(20-10-8-9-11-21(20)25(29)32-5)17(4)23(18)27-15-26-22(14-28)24(27)33(30,31)7-2/h8-13,15-16,28H,6-7,14H2,1-5H3. The Morgan fingerprint density at radius 3 is 2.45 bits per heavy atom. The number of sulfone groups is 1. The van der Waals surface area contributed by atoms with Gasteiger partial charge in [-0.3, -0.25) is 4.57 Å². The van der Waals surface area contributed by atoms with Crippen molar-refractivity contribution >= 4 is 15.8 Å². The first-order valence-corrected chi connectivity index (χ1v) is 12.6. The molecule has 0 amide bonds. The van der Waals surface area contributed by atoms with Crippen molar-refractivity contribution in [1.29, 1.82) is 0 Å². The van der Waals surface area contributed by atoms with Crippen molar-refractivity contribution in [3.8, 4) is 16.8 Å². The maximum Gasteiger partial charge on any atom is 0.338 e. The molecule has 7 nitrogen and oxygen atoms in total. The van der Waals surface area contributed by atoms with E-state index in [2.05, 4.69) is 18.8 Å². The number of hydrogen-bond donors (Lipinski definition) is 1. The van der Waals surface area contributed by atoms with Crippen LogP contribution in [-0.2, 0) is 21.2 Å². The fraction of sp³-hybridized carbons (Fsp3) is 0.360. The summed E-state index contributed by atoms with van der Waals surface area (Å²) >= 11 is 0. The molecule has 0 saturated heterocycles. The number of aliphatic hydroxyl groups excluding tert-OH is 1. The van der Waals surface area contributed by atoms with Crippen LogP contribution in [0, 0.1) is 6.92 Å². The monoisotopic (exact) mass is 470 g/mol. The van der Waals surface area contributed by atoms with Crippen molar-refractivity contribution in [1.82, 2.24) is 9.55 Å². The maximum absolute atomic E-state index is 13.0. The summed E-state index contributed by atoms with van der Waals surface area (Å²) in [5.41, 5.74) is 4.49. The molecule has 1 heterocycles. The van der Waals surface area contributed by atoms with Gasteiger partial charge in [0, 0.05) is 0 Å². The second-order valence-electron chi connectivity index (χ2n) is 7.95. The van der Waals surface area contributed by atoms with E-state index in [4.69, 9.17) is 4.74 Å². The molecule has 0 aliphatic rings. The van der Waals surface area contributed by atoms with Gasteiger partial charge in [0.2, 0.25) is 0 Å². The lowest BCUT2D eigenvalue weighted by Crippen LogP contribution is -2.15. The van der Waals surface area contributed by atoms with Gasteiger partial charge in [0.15, 0.2) is 14.9 Å². The normalized spacial score (nSPS) is 12.5. The second kappa shape index (κ2) is 9.89. The molecule has 0 aliphatic carbocycles. The molecule has 1 atom stereocenters. The number of carbonyl (C=O) groups excluding carboxylic acids is 1. The zero-order valence-electron chi connectivity index (χ0n) is 19.6. The Hall–Kier alpha value is -2.97. The van der Waals surface area contributed by atoms with Crippen molar-refractivity contribution in [2.24, 2.45) is 0 Å². The SMILES string of the molecule is CCC(C)c1ccc(-c2ccccc2C(=O)OC)c(C)c1-n1cnc(CO)c1S(=O)(=O)CC. The largest absolute Gasteiger partial charge is 0.465 e. The van der Waals surface area contributed by atoms with Crippen LogP contribution in [0.25, 0.3) is 16.8 Å². The summed E-state index contributed by atoms with van der Waals surface area (Å²) in [6, 6.07) is 11.1. The van der Waals surface area contributed by atoms with E-state index in [0.717, 1.165) is 23.1 Å². The topological polar surface area (TPSA) is 98.5 Å². The van der Waals surface area contributed by atoms with Crippen molar-refractivity contribution in [3.05, 3.63) is 65.1 Å².